The van der Waals surface area contributed by atoms with Crippen LogP contribution in [0.3, 0.4) is 0 Å². The number of amides is 1. The Labute approximate surface area is 124 Å². The van der Waals surface area contributed by atoms with Gasteiger partial charge in [-0.25, -0.2) is 0 Å². The first-order chi connectivity index (χ1) is 9.34. The molecule has 2 aliphatic carbocycles. The minimum absolute atomic E-state index is 0.000342. The Hall–Kier alpha value is -0.570. The van der Waals surface area contributed by atoms with E-state index in [1.54, 1.807) is 0 Å². The smallest absolute Gasteiger partial charge is 0.223 e. The van der Waals surface area contributed by atoms with Crippen molar-refractivity contribution in [2.45, 2.75) is 78.3 Å². The molecule has 0 heterocycles. The lowest BCUT2D eigenvalue weighted by molar-refractivity contribution is -0.133. The molecule has 2 rings (SSSR count). The van der Waals surface area contributed by atoms with Crippen molar-refractivity contribution in [1.29, 1.82) is 0 Å². The molecule has 2 aliphatic rings. The van der Waals surface area contributed by atoms with E-state index in [-0.39, 0.29) is 23.3 Å². The number of carbonyl (C=O) groups excluding carboxylic acids is 1. The highest BCUT2D eigenvalue weighted by atomic mass is 16.2. The van der Waals surface area contributed by atoms with Gasteiger partial charge in [-0.1, -0.05) is 40.5 Å². The van der Waals surface area contributed by atoms with Crippen LogP contribution in [0.2, 0.25) is 0 Å². The van der Waals surface area contributed by atoms with Gasteiger partial charge in [0.2, 0.25) is 5.91 Å². The van der Waals surface area contributed by atoms with Crippen LogP contribution in [0.5, 0.6) is 0 Å². The number of hydrogen-bond donors (Lipinski definition) is 2. The van der Waals surface area contributed by atoms with Crippen LogP contribution in [0.4, 0.5) is 0 Å². The zero-order valence-electron chi connectivity index (χ0n) is 13.6. The predicted molar refractivity (Wildman–Crippen MR) is 83.2 cm³/mol. The van der Waals surface area contributed by atoms with E-state index in [0.717, 1.165) is 19.3 Å². The molecule has 0 aromatic rings. The molecule has 3 heteroatoms. The van der Waals surface area contributed by atoms with E-state index >= 15 is 0 Å². The van der Waals surface area contributed by atoms with Crippen LogP contribution in [0.25, 0.3) is 0 Å². The standard InChI is InChI=1S/C17H32N2O/c1-11-7-5-6-8-15(11)19-16(20)13-9-10-14(18)12(2)17(13,3)4/h11-15H,5-10,18H2,1-4H3,(H,19,20). The SMILES string of the molecule is CC1CCCCC1NC(=O)C1CCC(N)C(C)C1(C)C. The van der Waals surface area contributed by atoms with Gasteiger partial charge < -0.3 is 11.1 Å². The summed E-state index contributed by atoms with van der Waals surface area (Å²) in [6.45, 7) is 8.90. The lowest BCUT2D eigenvalue weighted by Crippen LogP contribution is -2.53. The van der Waals surface area contributed by atoms with E-state index < -0.39 is 0 Å². The molecule has 2 saturated carbocycles. The molecule has 3 nitrogen and oxygen atoms in total. The van der Waals surface area contributed by atoms with Crippen molar-refractivity contribution < 1.29 is 4.79 Å². The van der Waals surface area contributed by atoms with Crippen LogP contribution in [0, 0.1) is 23.2 Å². The minimum Gasteiger partial charge on any atom is -0.353 e. The molecule has 0 spiro atoms. The second-order valence-electron chi connectivity index (χ2n) is 7.78. The zero-order chi connectivity index (χ0) is 14.9. The van der Waals surface area contributed by atoms with Crippen molar-refractivity contribution in [3.8, 4) is 0 Å². The highest BCUT2D eigenvalue weighted by Gasteiger charge is 2.45. The molecule has 5 atom stereocenters. The third-order valence-electron chi connectivity index (χ3n) is 6.26. The fourth-order valence-electron chi connectivity index (χ4n) is 4.13. The number of nitrogens with two attached hydrogens (primary N) is 1. The molecule has 0 radical (unpaired) electrons. The summed E-state index contributed by atoms with van der Waals surface area (Å²) in [6.07, 6.45) is 6.88. The van der Waals surface area contributed by atoms with E-state index in [4.69, 9.17) is 5.73 Å². The number of carbonyl (C=O) groups is 1. The molecule has 0 aromatic carbocycles. The van der Waals surface area contributed by atoms with E-state index in [2.05, 4.69) is 33.0 Å². The molecule has 20 heavy (non-hydrogen) atoms. The summed E-state index contributed by atoms with van der Waals surface area (Å²) < 4.78 is 0. The van der Waals surface area contributed by atoms with Crippen LogP contribution >= 0.6 is 0 Å². The monoisotopic (exact) mass is 280 g/mol. The second kappa shape index (κ2) is 6.05. The van der Waals surface area contributed by atoms with Crippen molar-refractivity contribution in [3.05, 3.63) is 0 Å². The van der Waals surface area contributed by atoms with Gasteiger partial charge >= 0.3 is 0 Å². The normalized spacial score (nSPS) is 41.1. The molecule has 3 N–H and O–H groups in total. The van der Waals surface area contributed by atoms with Gasteiger partial charge in [0, 0.05) is 18.0 Å². The van der Waals surface area contributed by atoms with Crippen LogP contribution in [0.1, 0.15) is 66.2 Å². The molecule has 0 bridgehead atoms. The summed E-state index contributed by atoms with van der Waals surface area (Å²) in [7, 11) is 0. The maximum Gasteiger partial charge on any atom is 0.223 e. The fourth-order valence-corrected chi connectivity index (χ4v) is 4.13. The Balaban J connectivity index is 2.01. The predicted octanol–water partition coefficient (Wildman–Crippen LogP) is 3.08. The van der Waals surface area contributed by atoms with Gasteiger partial charge in [0.15, 0.2) is 0 Å². The van der Waals surface area contributed by atoms with Crippen molar-refractivity contribution in [3.63, 3.8) is 0 Å². The third-order valence-corrected chi connectivity index (χ3v) is 6.26. The van der Waals surface area contributed by atoms with Gasteiger partial charge in [-0.05, 0) is 42.9 Å². The Morgan fingerprint density at radius 3 is 2.40 bits per heavy atom. The van der Waals surface area contributed by atoms with Crippen molar-refractivity contribution in [1.82, 2.24) is 5.32 Å². The van der Waals surface area contributed by atoms with Gasteiger partial charge in [-0.2, -0.15) is 0 Å². The lowest BCUT2D eigenvalue weighted by atomic mass is 9.61. The molecular weight excluding hydrogens is 248 g/mol. The van der Waals surface area contributed by atoms with Crippen molar-refractivity contribution in [2.24, 2.45) is 28.9 Å². The largest absolute Gasteiger partial charge is 0.353 e. The second-order valence-corrected chi connectivity index (χ2v) is 7.78. The van der Waals surface area contributed by atoms with Gasteiger partial charge in [-0.15, -0.1) is 0 Å². The van der Waals surface area contributed by atoms with Crippen molar-refractivity contribution >= 4 is 5.91 Å². The summed E-state index contributed by atoms with van der Waals surface area (Å²) >= 11 is 0. The van der Waals surface area contributed by atoms with Gasteiger partial charge in [-0.3, -0.25) is 4.79 Å². The fraction of sp³-hybridized carbons (Fsp3) is 0.941. The van der Waals surface area contributed by atoms with Crippen LogP contribution < -0.4 is 11.1 Å². The Morgan fingerprint density at radius 2 is 1.75 bits per heavy atom. The van der Waals surface area contributed by atoms with E-state index in [9.17, 15) is 4.79 Å². The number of hydrogen-bond acceptors (Lipinski definition) is 2. The third kappa shape index (κ3) is 3.03. The van der Waals surface area contributed by atoms with Gasteiger partial charge in [0.25, 0.3) is 0 Å². The maximum atomic E-state index is 12.7. The Kier molecular flexibility index (Phi) is 4.78. The molecule has 5 unspecified atom stereocenters. The minimum atomic E-state index is -0.000342. The van der Waals surface area contributed by atoms with Gasteiger partial charge in [0.1, 0.15) is 0 Å². The summed E-state index contributed by atoms with van der Waals surface area (Å²) in [5.41, 5.74) is 6.19. The molecule has 2 fully saturated rings. The average Bonchev–Trinajstić information content (AvgIpc) is 2.38. The molecular formula is C17H32N2O. The number of nitrogens with one attached hydrogen (secondary N) is 1. The zero-order valence-corrected chi connectivity index (χ0v) is 13.6. The van der Waals surface area contributed by atoms with E-state index in [1.807, 2.05) is 0 Å². The average molecular weight is 280 g/mol. The van der Waals surface area contributed by atoms with Crippen LogP contribution in [0.15, 0.2) is 0 Å². The van der Waals surface area contributed by atoms with E-state index in [0.29, 0.717) is 17.9 Å². The maximum absolute atomic E-state index is 12.7. The summed E-state index contributed by atoms with van der Waals surface area (Å²) in [5.74, 6) is 1.41. The molecule has 0 saturated heterocycles. The van der Waals surface area contributed by atoms with Gasteiger partial charge in [0.05, 0.1) is 0 Å². The first kappa shape index (κ1) is 15.8. The quantitative estimate of drug-likeness (QED) is 0.816. The first-order valence-electron chi connectivity index (χ1n) is 8.40. The molecule has 1 amide bonds. The topological polar surface area (TPSA) is 55.1 Å². The highest BCUT2D eigenvalue weighted by Crippen LogP contribution is 2.44. The highest BCUT2D eigenvalue weighted by molar-refractivity contribution is 5.80. The van der Waals surface area contributed by atoms with E-state index in [1.165, 1.54) is 19.3 Å². The Morgan fingerprint density at radius 1 is 1.10 bits per heavy atom. The lowest BCUT2D eigenvalue weighted by Gasteiger charge is -2.46. The number of rotatable bonds is 2. The first-order valence-corrected chi connectivity index (χ1v) is 8.40. The van der Waals surface area contributed by atoms with Crippen LogP contribution in [-0.4, -0.2) is 18.0 Å². The molecule has 0 aromatic heterocycles. The molecule has 0 aliphatic heterocycles. The molecule has 116 valence electrons. The summed E-state index contributed by atoms with van der Waals surface area (Å²) in [5, 5.41) is 3.35. The summed E-state index contributed by atoms with van der Waals surface area (Å²) in [6, 6.07) is 0.626. The van der Waals surface area contributed by atoms with Crippen LogP contribution in [-0.2, 0) is 4.79 Å². The Bertz CT molecular complexity index is 353. The summed E-state index contributed by atoms with van der Waals surface area (Å²) in [4.78, 5) is 12.7. The van der Waals surface area contributed by atoms with Crippen molar-refractivity contribution in [2.75, 3.05) is 0 Å².